The lowest BCUT2D eigenvalue weighted by atomic mass is 9.86. The minimum Gasteiger partial charge on any atom is -0.353 e. The second-order valence-corrected chi connectivity index (χ2v) is 8.59. The van der Waals surface area contributed by atoms with Gasteiger partial charge in [0, 0.05) is 31.6 Å². The Morgan fingerprint density at radius 2 is 1.74 bits per heavy atom. The zero-order chi connectivity index (χ0) is 18.5. The summed E-state index contributed by atoms with van der Waals surface area (Å²) in [5.74, 6) is 0.910. The zero-order valence-electron chi connectivity index (χ0n) is 16.3. The van der Waals surface area contributed by atoms with Gasteiger partial charge in [-0.1, -0.05) is 49.6 Å². The molecule has 0 radical (unpaired) electrons. The van der Waals surface area contributed by atoms with Crippen molar-refractivity contribution >= 4 is 5.91 Å². The van der Waals surface area contributed by atoms with Crippen LogP contribution in [0, 0.1) is 5.92 Å². The van der Waals surface area contributed by atoms with Crippen molar-refractivity contribution in [3.8, 4) is 0 Å². The number of benzene rings is 1. The maximum absolute atomic E-state index is 12.4. The molecule has 1 aliphatic carbocycles. The number of amides is 1. The van der Waals surface area contributed by atoms with Crippen molar-refractivity contribution in [2.75, 3.05) is 13.1 Å². The first-order chi connectivity index (χ1) is 13.3. The van der Waals surface area contributed by atoms with Crippen molar-refractivity contribution in [1.29, 1.82) is 0 Å². The van der Waals surface area contributed by atoms with E-state index in [0.29, 0.717) is 24.2 Å². The Morgan fingerprint density at radius 3 is 2.48 bits per heavy atom. The number of nitrogens with one attached hydrogen (secondary N) is 3. The smallest absolute Gasteiger partial charge is 0.220 e. The molecule has 1 aromatic carbocycles. The standard InChI is InChI=1S/C22H34N4O/c27-22(15-17-7-3-1-4-8-17)23-19-11-13-26(14-12-19)21-16-20(24-25-21)18-9-5-2-6-10-18/h2,5-6,9-10,17,19-21,24-25H,1,3-4,7-8,11-16H2,(H,23,27). The molecule has 27 heavy (non-hydrogen) atoms. The van der Waals surface area contributed by atoms with Crippen molar-refractivity contribution in [2.24, 2.45) is 5.92 Å². The van der Waals surface area contributed by atoms with Gasteiger partial charge in [0.2, 0.25) is 5.91 Å². The van der Waals surface area contributed by atoms with Crippen LogP contribution in [0.2, 0.25) is 0 Å². The Labute approximate surface area is 163 Å². The Hall–Kier alpha value is -1.43. The van der Waals surface area contributed by atoms with Crippen LogP contribution in [0.3, 0.4) is 0 Å². The van der Waals surface area contributed by atoms with E-state index in [1.807, 2.05) is 0 Å². The van der Waals surface area contributed by atoms with Gasteiger partial charge in [0.25, 0.3) is 0 Å². The van der Waals surface area contributed by atoms with Crippen LogP contribution >= 0.6 is 0 Å². The second-order valence-electron chi connectivity index (χ2n) is 8.59. The Balaban J connectivity index is 1.18. The lowest BCUT2D eigenvalue weighted by molar-refractivity contribution is -0.123. The number of hydrogen-bond acceptors (Lipinski definition) is 4. The van der Waals surface area contributed by atoms with E-state index in [-0.39, 0.29) is 5.91 Å². The summed E-state index contributed by atoms with van der Waals surface area (Å²) in [7, 11) is 0. The molecule has 2 unspecified atom stereocenters. The van der Waals surface area contributed by atoms with Gasteiger partial charge in [-0.05, 0) is 43.6 Å². The second kappa shape index (κ2) is 9.18. The molecule has 2 saturated heterocycles. The maximum atomic E-state index is 12.4. The fraction of sp³-hybridized carbons (Fsp3) is 0.682. The molecule has 1 saturated carbocycles. The summed E-state index contributed by atoms with van der Waals surface area (Å²) in [5.41, 5.74) is 8.27. The van der Waals surface area contributed by atoms with E-state index in [1.165, 1.54) is 37.7 Å². The summed E-state index contributed by atoms with van der Waals surface area (Å²) in [6.07, 6.45) is 10.8. The topological polar surface area (TPSA) is 56.4 Å². The molecule has 2 aliphatic heterocycles. The largest absolute Gasteiger partial charge is 0.353 e. The van der Waals surface area contributed by atoms with Crippen LogP contribution in [-0.2, 0) is 4.79 Å². The normalized spacial score (nSPS) is 28.3. The van der Waals surface area contributed by atoms with Gasteiger partial charge in [-0.15, -0.1) is 0 Å². The predicted molar refractivity (Wildman–Crippen MR) is 108 cm³/mol. The molecule has 3 fully saturated rings. The summed E-state index contributed by atoms with van der Waals surface area (Å²) in [6.45, 7) is 2.10. The number of piperidine rings is 1. The molecule has 1 aromatic rings. The number of likely N-dealkylation sites (tertiary alicyclic amines) is 1. The lowest BCUT2D eigenvalue weighted by Gasteiger charge is -2.36. The minimum absolute atomic E-state index is 0.283. The molecule has 4 rings (SSSR count). The van der Waals surface area contributed by atoms with Crippen LogP contribution in [-0.4, -0.2) is 36.1 Å². The van der Waals surface area contributed by atoms with Crippen molar-refractivity contribution in [3.05, 3.63) is 35.9 Å². The van der Waals surface area contributed by atoms with E-state index in [4.69, 9.17) is 0 Å². The maximum Gasteiger partial charge on any atom is 0.220 e. The molecule has 3 aliphatic rings. The van der Waals surface area contributed by atoms with Gasteiger partial charge in [-0.3, -0.25) is 9.69 Å². The molecule has 5 heteroatoms. The molecular formula is C22H34N4O. The molecule has 148 valence electrons. The number of carbonyl (C=O) groups is 1. The number of nitrogens with zero attached hydrogens (tertiary/aromatic N) is 1. The van der Waals surface area contributed by atoms with Crippen LogP contribution < -0.4 is 16.2 Å². The molecule has 2 atom stereocenters. The van der Waals surface area contributed by atoms with E-state index < -0.39 is 0 Å². The van der Waals surface area contributed by atoms with Crippen molar-refractivity contribution in [3.63, 3.8) is 0 Å². The van der Waals surface area contributed by atoms with Crippen molar-refractivity contribution < 1.29 is 4.79 Å². The molecule has 5 nitrogen and oxygen atoms in total. The number of rotatable bonds is 5. The van der Waals surface area contributed by atoms with Gasteiger partial charge in [0.15, 0.2) is 0 Å². The van der Waals surface area contributed by atoms with Crippen LogP contribution in [0.4, 0.5) is 0 Å². The monoisotopic (exact) mass is 370 g/mol. The fourth-order valence-corrected chi connectivity index (χ4v) is 4.98. The number of carbonyl (C=O) groups excluding carboxylic acids is 1. The Kier molecular flexibility index (Phi) is 6.43. The summed E-state index contributed by atoms with van der Waals surface area (Å²) >= 11 is 0. The van der Waals surface area contributed by atoms with Gasteiger partial charge in [-0.2, -0.15) is 0 Å². The fourth-order valence-electron chi connectivity index (χ4n) is 4.98. The van der Waals surface area contributed by atoms with Crippen LogP contribution in [0.5, 0.6) is 0 Å². The molecule has 2 heterocycles. The van der Waals surface area contributed by atoms with Gasteiger partial charge >= 0.3 is 0 Å². The molecule has 1 amide bonds. The molecule has 0 bridgehead atoms. The molecule has 0 spiro atoms. The summed E-state index contributed by atoms with van der Waals surface area (Å²) < 4.78 is 0. The van der Waals surface area contributed by atoms with Crippen LogP contribution in [0.1, 0.15) is 69.4 Å². The average Bonchev–Trinajstić information content (AvgIpc) is 3.20. The highest BCUT2D eigenvalue weighted by atomic mass is 16.1. The number of hydrazine groups is 1. The molecule has 0 aromatic heterocycles. The van der Waals surface area contributed by atoms with Crippen LogP contribution in [0.15, 0.2) is 30.3 Å². The van der Waals surface area contributed by atoms with Crippen LogP contribution in [0.25, 0.3) is 0 Å². The number of hydrogen-bond donors (Lipinski definition) is 3. The third-order valence-corrected chi connectivity index (χ3v) is 6.62. The first kappa shape index (κ1) is 18.9. The first-order valence-corrected chi connectivity index (χ1v) is 10.9. The summed E-state index contributed by atoms with van der Waals surface area (Å²) in [5, 5.41) is 3.31. The van der Waals surface area contributed by atoms with E-state index in [2.05, 4.69) is 51.4 Å². The highest BCUT2D eigenvalue weighted by Crippen LogP contribution is 2.27. The quantitative estimate of drug-likeness (QED) is 0.745. The Morgan fingerprint density at radius 1 is 1.00 bits per heavy atom. The predicted octanol–water partition coefficient (Wildman–Crippen LogP) is 3.10. The SMILES string of the molecule is O=C(CC1CCCCC1)NC1CCN(C2CC(c3ccccc3)NN2)CC1. The third kappa shape index (κ3) is 5.09. The van der Waals surface area contributed by atoms with Crippen molar-refractivity contribution in [2.45, 2.75) is 76.0 Å². The van der Waals surface area contributed by atoms with Gasteiger partial charge in [0.05, 0.1) is 6.17 Å². The summed E-state index contributed by atoms with van der Waals surface area (Å²) in [6, 6.07) is 11.4. The van der Waals surface area contributed by atoms with Gasteiger partial charge in [-0.25, -0.2) is 10.9 Å². The first-order valence-electron chi connectivity index (χ1n) is 10.9. The third-order valence-electron chi connectivity index (χ3n) is 6.62. The van der Waals surface area contributed by atoms with Gasteiger partial charge < -0.3 is 5.32 Å². The molecular weight excluding hydrogens is 336 g/mol. The van der Waals surface area contributed by atoms with Gasteiger partial charge in [0.1, 0.15) is 0 Å². The Bertz CT molecular complexity index is 594. The minimum atomic E-state index is 0.283. The molecule has 3 N–H and O–H groups in total. The van der Waals surface area contributed by atoms with Crippen molar-refractivity contribution in [1.82, 2.24) is 21.1 Å². The van der Waals surface area contributed by atoms with E-state index in [1.54, 1.807) is 0 Å². The van der Waals surface area contributed by atoms with E-state index >= 15 is 0 Å². The lowest BCUT2D eigenvalue weighted by Crippen LogP contribution is -2.51. The van der Waals surface area contributed by atoms with E-state index in [9.17, 15) is 4.79 Å². The highest BCUT2D eigenvalue weighted by molar-refractivity contribution is 5.76. The van der Waals surface area contributed by atoms with E-state index in [0.717, 1.165) is 38.8 Å². The summed E-state index contributed by atoms with van der Waals surface area (Å²) in [4.78, 5) is 14.9. The average molecular weight is 371 g/mol. The highest BCUT2D eigenvalue weighted by Gasteiger charge is 2.32. The zero-order valence-corrected chi connectivity index (χ0v) is 16.3.